The van der Waals surface area contributed by atoms with Crippen molar-refractivity contribution in [3.8, 4) is 17.3 Å². The Balaban J connectivity index is 1.73. The van der Waals surface area contributed by atoms with Gasteiger partial charge in [0.2, 0.25) is 0 Å². The molecule has 1 N–H and O–H groups in total. The number of aryl methyl sites for hydroxylation is 1. The van der Waals surface area contributed by atoms with Crippen molar-refractivity contribution in [2.24, 2.45) is 0 Å². The van der Waals surface area contributed by atoms with Crippen LogP contribution in [-0.4, -0.2) is 4.98 Å². The topological polar surface area (TPSA) is 48.7 Å². The van der Waals surface area contributed by atoms with Crippen LogP contribution in [0.2, 0.25) is 10.0 Å². The van der Waals surface area contributed by atoms with Crippen LogP contribution in [0.3, 0.4) is 0 Å². The number of allylic oxidation sites excluding steroid dienone is 1. The number of hydrogen-bond donors (Lipinski definition) is 1. The Morgan fingerprint density at radius 1 is 1.18 bits per heavy atom. The van der Waals surface area contributed by atoms with E-state index in [0.29, 0.717) is 20.6 Å². The van der Waals surface area contributed by atoms with Crippen LogP contribution in [0.25, 0.3) is 16.8 Å². The smallest absolute Gasteiger partial charge is 0.136 e. The number of anilines is 1. The van der Waals surface area contributed by atoms with E-state index in [0.717, 1.165) is 23.4 Å². The Kier molecular flexibility index (Phi) is 7.11. The molecule has 0 unspecified atom stereocenters. The summed E-state index contributed by atoms with van der Waals surface area (Å²) < 4.78 is 0. The fourth-order valence-corrected chi connectivity index (χ4v) is 3.72. The summed E-state index contributed by atoms with van der Waals surface area (Å²) in [4.78, 5) is 4.57. The number of benzene rings is 2. The van der Waals surface area contributed by atoms with Crippen molar-refractivity contribution in [1.29, 1.82) is 5.26 Å². The molecule has 3 rings (SSSR count). The van der Waals surface area contributed by atoms with Crippen LogP contribution < -0.4 is 5.32 Å². The first kappa shape index (κ1) is 20.4. The van der Waals surface area contributed by atoms with Gasteiger partial charge in [0.05, 0.1) is 15.7 Å². The zero-order valence-electron chi connectivity index (χ0n) is 15.4. The van der Waals surface area contributed by atoms with E-state index in [1.165, 1.54) is 29.7 Å². The standard InChI is InChI=1S/C22H19Cl2N3S/c1-2-3-4-15-5-8-18(9-6-15)26-13-17(12-25)22-27-21(14-28-22)16-7-10-19(23)20(24)11-16/h5-11,13-14,26H,2-4H2,1H3/b17-13+. The van der Waals surface area contributed by atoms with Crippen LogP contribution in [0, 0.1) is 11.3 Å². The number of nitriles is 1. The maximum Gasteiger partial charge on any atom is 0.136 e. The number of thiazole rings is 1. The first-order valence-electron chi connectivity index (χ1n) is 8.97. The molecule has 0 radical (unpaired) electrons. The van der Waals surface area contributed by atoms with E-state index < -0.39 is 0 Å². The second kappa shape index (κ2) is 9.75. The van der Waals surface area contributed by atoms with Crippen molar-refractivity contribution >= 4 is 45.8 Å². The molecular formula is C22H19Cl2N3S. The largest absolute Gasteiger partial charge is 0.360 e. The van der Waals surface area contributed by atoms with Gasteiger partial charge in [-0.15, -0.1) is 11.3 Å². The lowest BCUT2D eigenvalue weighted by Gasteiger charge is -2.04. The van der Waals surface area contributed by atoms with E-state index in [2.05, 4.69) is 35.4 Å². The minimum absolute atomic E-state index is 0.478. The highest BCUT2D eigenvalue weighted by Gasteiger charge is 2.10. The Hall–Kier alpha value is -2.32. The Bertz CT molecular complexity index is 1020. The summed E-state index contributed by atoms with van der Waals surface area (Å²) in [6.45, 7) is 2.19. The summed E-state index contributed by atoms with van der Waals surface area (Å²) in [7, 11) is 0. The molecule has 0 fully saturated rings. The highest BCUT2D eigenvalue weighted by molar-refractivity contribution is 7.11. The third-order valence-electron chi connectivity index (χ3n) is 4.23. The number of nitrogens with zero attached hydrogens (tertiary/aromatic N) is 2. The van der Waals surface area contributed by atoms with E-state index >= 15 is 0 Å². The number of halogens is 2. The molecule has 142 valence electrons. The van der Waals surface area contributed by atoms with Gasteiger partial charge >= 0.3 is 0 Å². The van der Waals surface area contributed by atoms with Gasteiger partial charge in [0, 0.05) is 22.8 Å². The molecule has 0 bridgehead atoms. The molecule has 0 spiro atoms. The molecule has 0 aliphatic carbocycles. The SMILES string of the molecule is CCCCc1ccc(N/C=C(\C#N)c2nc(-c3ccc(Cl)c(Cl)c3)cs2)cc1. The molecule has 1 aromatic heterocycles. The van der Waals surface area contributed by atoms with Crippen LogP contribution in [0.4, 0.5) is 5.69 Å². The summed E-state index contributed by atoms with van der Waals surface area (Å²) in [5.41, 5.74) is 4.37. The molecule has 0 amide bonds. The predicted molar refractivity (Wildman–Crippen MR) is 120 cm³/mol. The zero-order valence-corrected chi connectivity index (χ0v) is 17.7. The maximum atomic E-state index is 9.53. The average Bonchev–Trinajstić information content (AvgIpc) is 3.20. The average molecular weight is 428 g/mol. The Morgan fingerprint density at radius 2 is 1.96 bits per heavy atom. The minimum atomic E-state index is 0.478. The fourth-order valence-electron chi connectivity index (χ4n) is 2.63. The van der Waals surface area contributed by atoms with Gasteiger partial charge < -0.3 is 5.32 Å². The lowest BCUT2D eigenvalue weighted by atomic mass is 10.1. The second-order valence-corrected chi connectivity index (χ2v) is 7.95. The normalized spacial score (nSPS) is 11.3. The summed E-state index contributed by atoms with van der Waals surface area (Å²) in [6, 6.07) is 15.9. The van der Waals surface area contributed by atoms with Gasteiger partial charge in [-0.05, 0) is 42.7 Å². The molecule has 0 saturated heterocycles. The molecule has 6 heteroatoms. The molecule has 2 aromatic carbocycles. The van der Waals surface area contributed by atoms with Gasteiger partial charge in [-0.1, -0.05) is 54.7 Å². The van der Waals surface area contributed by atoms with Crippen molar-refractivity contribution in [2.45, 2.75) is 26.2 Å². The lowest BCUT2D eigenvalue weighted by Crippen LogP contribution is -1.92. The van der Waals surface area contributed by atoms with Crippen LogP contribution >= 0.6 is 34.5 Å². The summed E-state index contributed by atoms with van der Waals surface area (Å²) >= 11 is 13.5. The van der Waals surface area contributed by atoms with Crippen LogP contribution in [-0.2, 0) is 6.42 Å². The van der Waals surface area contributed by atoms with Crippen LogP contribution in [0.5, 0.6) is 0 Å². The monoisotopic (exact) mass is 427 g/mol. The van der Waals surface area contributed by atoms with E-state index in [1.807, 2.05) is 23.6 Å². The molecule has 0 atom stereocenters. The van der Waals surface area contributed by atoms with Gasteiger partial charge in [-0.2, -0.15) is 5.26 Å². The molecule has 0 saturated carbocycles. The third-order valence-corrected chi connectivity index (χ3v) is 5.84. The first-order chi connectivity index (χ1) is 13.6. The molecular weight excluding hydrogens is 409 g/mol. The van der Waals surface area contributed by atoms with Crippen molar-refractivity contribution < 1.29 is 0 Å². The highest BCUT2D eigenvalue weighted by atomic mass is 35.5. The number of hydrogen-bond acceptors (Lipinski definition) is 4. The fraction of sp³-hybridized carbons (Fsp3) is 0.182. The molecule has 1 heterocycles. The van der Waals surface area contributed by atoms with Crippen LogP contribution in [0.15, 0.2) is 54.0 Å². The number of nitrogens with one attached hydrogen (secondary N) is 1. The van der Waals surface area contributed by atoms with Gasteiger partial charge in [-0.25, -0.2) is 4.98 Å². The van der Waals surface area contributed by atoms with E-state index in [9.17, 15) is 5.26 Å². The maximum absolute atomic E-state index is 9.53. The number of unbranched alkanes of at least 4 members (excludes halogenated alkanes) is 1. The van der Waals surface area contributed by atoms with Gasteiger partial charge in [0.15, 0.2) is 0 Å². The van der Waals surface area contributed by atoms with Gasteiger partial charge in [0.1, 0.15) is 16.6 Å². The molecule has 0 aliphatic heterocycles. The highest BCUT2D eigenvalue weighted by Crippen LogP contribution is 2.30. The third kappa shape index (κ3) is 5.14. The molecule has 0 aliphatic rings. The number of rotatable bonds is 7. The van der Waals surface area contributed by atoms with Gasteiger partial charge in [0.25, 0.3) is 0 Å². The number of aromatic nitrogens is 1. The zero-order chi connectivity index (χ0) is 19.9. The quantitative estimate of drug-likeness (QED) is 0.398. The van der Waals surface area contributed by atoms with Crippen molar-refractivity contribution in [1.82, 2.24) is 4.98 Å². The Morgan fingerprint density at radius 3 is 2.64 bits per heavy atom. The van der Waals surface area contributed by atoms with Crippen molar-refractivity contribution in [3.05, 3.63) is 74.7 Å². The molecule has 3 aromatic rings. The first-order valence-corrected chi connectivity index (χ1v) is 10.6. The van der Waals surface area contributed by atoms with Crippen molar-refractivity contribution in [3.63, 3.8) is 0 Å². The summed E-state index contributed by atoms with van der Waals surface area (Å²) in [6.07, 6.45) is 5.16. The predicted octanol–water partition coefficient (Wildman–Crippen LogP) is 7.44. The Labute approximate surface area is 179 Å². The van der Waals surface area contributed by atoms with Gasteiger partial charge in [-0.3, -0.25) is 0 Å². The second-order valence-electron chi connectivity index (χ2n) is 6.28. The van der Waals surface area contributed by atoms with Crippen LogP contribution in [0.1, 0.15) is 30.3 Å². The van der Waals surface area contributed by atoms with E-state index in [-0.39, 0.29) is 0 Å². The minimum Gasteiger partial charge on any atom is -0.360 e. The van der Waals surface area contributed by atoms with Crippen molar-refractivity contribution in [2.75, 3.05) is 5.32 Å². The molecule has 3 nitrogen and oxygen atoms in total. The molecule has 28 heavy (non-hydrogen) atoms. The summed E-state index contributed by atoms with van der Waals surface area (Å²) in [5, 5.41) is 16.3. The van der Waals surface area contributed by atoms with E-state index in [4.69, 9.17) is 23.2 Å². The summed E-state index contributed by atoms with van der Waals surface area (Å²) in [5.74, 6) is 0. The lowest BCUT2D eigenvalue weighted by molar-refractivity contribution is 0.795. The van der Waals surface area contributed by atoms with E-state index in [1.54, 1.807) is 18.3 Å².